The fraction of sp³-hybridized carbons (Fsp3) is 0.727. The van der Waals surface area contributed by atoms with Gasteiger partial charge in [-0.3, -0.25) is 0 Å². The van der Waals surface area contributed by atoms with Gasteiger partial charge < -0.3 is 20.3 Å². The van der Waals surface area contributed by atoms with Crippen LogP contribution in [-0.4, -0.2) is 42.8 Å². The summed E-state index contributed by atoms with van der Waals surface area (Å²) in [6.07, 6.45) is 5.12. The van der Waals surface area contributed by atoms with E-state index in [0.29, 0.717) is 18.4 Å². The van der Waals surface area contributed by atoms with E-state index in [1.54, 1.807) is 0 Å². The molecule has 1 saturated heterocycles. The second kappa shape index (κ2) is 13.3. The molecule has 0 amide bonds. The molecule has 1 aromatic carbocycles. The summed E-state index contributed by atoms with van der Waals surface area (Å²) in [5.74, 6) is 1.03. The van der Waals surface area contributed by atoms with Gasteiger partial charge in [-0.1, -0.05) is 45.0 Å². The molecule has 0 spiro atoms. The van der Waals surface area contributed by atoms with Crippen LogP contribution in [0.4, 0.5) is 0 Å². The van der Waals surface area contributed by atoms with Crippen molar-refractivity contribution in [2.24, 2.45) is 0 Å². The molecule has 1 aliphatic carbocycles. The molecule has 0 radical (unpaired) electrons. The molecule has 2 atom stereocenters. The highest BCUT2D eigenvalue weighted by Crippen LogP contribution is 2.34. The fourth-order valence-corrected chi connectivity index (χ4v) is 3.45. The highest BCUT2D eigenvalue weighted by atomic mass is 16.6. The van der Waals surface area contributed by atoms with Crippen molar-refractivity contribution < 1.29 is 14.9 Å². The van der Waals surface area contributed by atoms with E-state index in [0.717, 1.165) is 45.1 Å². The third-order valence-corrected chi connectivity index (χ3v) is 5.18. The minimum Gasteiger partial charge on any atom is -0.393 e. The number of rotatable bonds is 3. The highest BCUT2D eigenvalue weighted by molar-refractivity contribution is 5.28. The maximum Gasteiger partial charge on any atom is 0.154 e. The zero-order valence-electron chi connectivity index (χ0n) is 17.1. The van der Waals surface area contributed by atoms with E-state index in [-0.39, 0.29) is 6.10 Å². The Morgan fingerprint density at radius 1 is 0.885 bits per heavy atom. The van der Waals surface area contributed by atoms with Crippen molar-refractivity contribution in [2.75, 3.05) is 20.2 Å². The third-order valence-electron chi connectivity index (χ3n) is 5.18. The Bertz CT molecular complexity index is 404. The van der Waals surface area contributed by atoms with Crippen molar-refractivity contribution in [2.45, 2.75) is 83.5 Å². The van der Waals surface area contributed by atoms with Crippen LogP contribution < -0.4 is 5.32 Å². The van der Waals surface area contributed by atoms with Gasteiger partial charge in [0.1, 0.15) is 0 Å². The van der Waals surface area contributed by atoms with Crippen LogP contribution in [0.2, 0.25) is 0 Å². The van der Waals surface area contributed by atoms with Crippen LogP contribution in [0.3, 0.4) is 0 Å². The summed E-state index contributed by atoms with van der Waals surface area (Å²) in [4.78, 5) is 0. The molecule has 3 N–H and O–H groups in total. The van der Waals surface area contributed by atoms with Crippen LogP contribution >= 0.6 is 0 Å². The Morgan fingerprint density at radius 2 is 1.35 bits per heavy atom. The maximum absolute atomic E-state index is 9.58. The monoisotopic (exact) mass is 365 g/mol. The predicted octanol–water partition coefficient (Wildman–Crippen LogP) is 4.17. The lowest BCUT2D eigenvalue weighted by molar-refractivity contribution is -0.129. The summed E-state index contributed by atoms with van der Waals surface area (Å²) in [6, 6.07) is 8.91. The molecular formula is C22H39NO3. The van der Waals surface area contributed by atoms with Crippen LogP contribution in [0.15, 0.2) is 24.3 Å². The van der Waals surface area contributed by atoms with Crippen molar-refractivity contribution in [1.29, 1.82) is 0 Å². The molecule has 4 nitrogen and oxygen atoms in total. The number of hydrogen-bond acceptors (Lipinski definition) is 4. The third kappa shape index (κ3) is 7.75. The minimum atomic E-state index is -0.570. The molecule has 2 fully saturated rings. The van der Waals surface area contributed by atoms with Gasteiger partial charge in [0.05, 0.1) is 12.7 Å². The van der Waals surface area contributed by atoms with Crippen molar-refractivity contribution in [3.63, 3.8) is 0 Å². The van der Waals surface area contributed by atoms with Gasteiger partial charge in [0, 0.05) is 5.92 Å². The Labute approximate surface area is 160 Å². The van der Waals surface area contributed by atoms with E-state index in [2.05, 4.69) is 36.5 Å². The number of benzene rings is 1. The Morgan fingerprint density at radius 3 is 1.77 bits per heavy atom. The van der Waals surface area contributed by atoms with Gasteiger partial charge in [0.15, 0.2) is 6.29 Å². The molecule has 2 aliphatic rings. The summed E-state index contributed by atoms with van der Waals surface area (Å²) in [5, 5.41) is 21.9. The van der Waals surface area contributed by atoms with E-state index in [1.165, 1.54) is 11.1 Å². The summed E-state index contributed by atoms with van der Waals surface area (Å²) in [6.45, 7) is 7.76. The molecule has 1 aliphatic heterocycles. The molecule has 1 heterocycles. The maximum atomic E-state index is 9.58. The molecule has 1 saturated carbocycles. The Balaban J connectivity index is 0.000000500. The minimum absolute atomic E-state index is 0.0867. The second-order valence-electron chi connectivity index (χ2n) is 6.94. The first-order valence-electron chi connectivity index (χ1n) is 10.4. The van der Waals surface area contributed by atoms with Crippen LogP contribution in [0.5, 0.6) is 0 Å². The van der Waals surface area contributed by atoms with Crippen LogP contribution in [0.1, 0.15) is 82.3 Å². The van der Waals surface area contributed by atoms with Crippen LogP contribution in [0, 0.1) is 0 Å². The van der Waals surface area contributed by atoms with E-state index < -0.39 is 6.29 Å². The Hall–Kier alpha value is -0.940. The fourth-order valence-electron chi connectivity index (χ4n) is 3.45. The topological polar surface area (TPSA) is 61.7 Å². The number of aliphatic hydroxyl groups is 2. The lowest BCUT2D eigenvalue weighted by atomic mass is 9.82. The lowest BCUT2D eigenvalue weighted by Gasteiger charge is -2.28. The van der Waals surface area contributed by atoms with Crippen LogP contribution in [-0.2, 0) is 4.74 Å². The first kappa shape index (κ1) is 23.1. The molecule has 2 unspecified atom stereocenters. The normalized spacial score (nSPS) is 28.2. The van der Waals surface area contributed by atoms with Gasteiger partial charge in [0.2, 0.25) is 0 Å². The lowest BCUT2D eigenvalue weighted by Crippen LogP contribution is -2.24. The van der Waals surface area contributed by atoms with Gasteiger partial charge in [-0.05, 0) is 69.2 Å². The molecular weight excluding hydrogens is 326 g/mol. The van der Waals surface area contributed by atoms with Crippen molar-refractivity contribution in [3.05, 3.63) is 35.4 Å². The molecule has 26 heavy (non-hydrogen) atoms. The zero-order valence-corrected chi connectivity index (χ0v) is 17.1. The van der Waals surface area contributed by atoms with Crippen LogP contribution in [0.25, 0.3) is 0 Å². The molecule has 1 aromatic rings. The average molecular weight is 366 g/mol. The first-order valence-corrected chi connectivity index (χ1v) is 10.4. The van der Waals surface area contributed by atoms with E-state index in [1.807, 2.05) is 20.9 Å². The molecule has 150 valence electrons. The van der Waals surface area contributed by atoms with E-state index >= 15 is 0 Å². The summed E-state index contributed by atoms with van der Waals surface area (Å²) in [7, 11) is 1.93. The van der Waals surface area contributed by atoms with Gasteiger partial charge in [0.25, 0.3) is 0 Å². The number of nitrogens with one attached hydrogen (secondary N) is 1. The van der Waals surface area contributed by atoms with E-state index in [4.69, 9.17) is 4.74 Å². The Kier molecular flexibility index (Phi) is 11.8. The largest absolute Gasteiger partial charge is 0.393 e. The highest BCUT2D eigenvalue weighted by Gasteiger charge is 2.23. The first-order chi connectivity index (χ1) is 12.6. The predicted molar refractivity (Wildman–Crippen MR) is 109 cm³/mol. The standard InChI is InChI=1S/C17H24O3.C3H9N.C2H6/c18-16-8-5-13(6-9-16)12-1-3-14(4-2-12)15-7-10-17(19)20-11-15;1-3-4-2;1-2/h1-4,13,15-19H,5-11H2;4H,3H2,1-2H3;1-2H3. The number of ether oxygens (including phenoxy) is 1. The van der Waals surface area contributed by atoms with Gasteiger partial charge in [-0.25, -0.2) is 0 Å². The SMILES string of the molecule is CC.CCNC.OC1CCC(c2ccc(C3CCC(O)OC3)cc2)CC1. The number of hydrogen-bond donors (Lipinski definition) is 3. The molecule has 0 bridgehead atoms. The van der Waals surface area contributed by atoms with Crippen molar-refractivity contribution in [3.8, 4) is 0 Å². The summed E-state index contributed by atoms with van der Waals surface area (Å²) >= 11 is 0. The average Bonchev–Trinajstić information content (AvgIpc) is 2.71. The molecule has 0 aromatic heterocycles. The summed E-state index contributed by atoms with van der Waals surface area (Å²) < 4.78 is 5.33. The van der Waals surface area contributed by atoms with Crippen molar-refractivity contribution >= 4 is 0 Å². The van der Waals surface area contributed by atoms with Crippen molar-refractivity contribution in [1.82, 2.24) is 5.32 Å². The van der Waals surface area contributed by atoms with Gasteiger partial charge in [-0.15, -0.1) is 0 Å². The van der Waals surface area contributed by atoms with Gasteiger partial charge >= 0.3 is 0 Å². The number of aliphatic hydroxyl groups excluding tert-OH is 2. The quantitative estimate of drug-likeness (QED) is 0.752. The zero-order chi connectivity index (χ0) is 19.4. The smallest absolute Gasteiger partial charge is 0.154 e. The van der Waals surface area contributed by atoms with E-state index in [9.17, 15) is 10.2 Å². The van der Waals surface area contributed by atoms with Gasteiger partial charge in [-0.2, -0.15) is 0 Å². The molecule has 3 rings (SSSR count). The summed E-state index contributed by atoms with van der Waals surface area (Å²) in [5.41, 5.74) is 2.72. The second-order valence-corrected chi connectivity index (χ2v) is 6.94. The molecule has 4 heteroatoms.